The van der Waals surface area contributed by atoms with Crippen LogP contribution in [0.25, 0.3) is 10.9 Å². The van der Waals surface area contributed by atoms with E-state index >= 15 is 0 Å². The molecule has 144 valence electrons. The highest BCUT2D eigenvalue weighted by Crippen LogP contribution is 2.17. The number of rotatable bonds is 8. The van der Waals surface area contributed by atoms with Gasteiger partial charge in [-0.15, -0.1) is 0 Å². The van der Waals surface area contributed by atoms with Gasteiger partial charge in [0.05, 0.1) is 15.5 Å². The minimum absolute atomic E-state index is 0.0224. The first-order valence-electron chi connectivity index (χ1n) is 8.70. The van der Waals surface area contributed by atoms with Crippen LogP contribution >= 0.6 is 0 Å². The molecule has 0 amide bonds. The third-order valence-corrected chi connectivity index (χ3v) is 7.65. The Labute approximate surface area is 159 Å². The number of aromatic nitrogens is 1. The number of sulfonamides is 1. The van der Waals surface area contributed by atoms with E-state index in [-0.39, 0.29) is 15.5 Å². The van der Waals surface area contributed by atoms with E-state index in [4.69, 9.17) is 0 Å². The number of aryl methyl sites for hydroxylation is 1. The monoisotopic (exact) mass is 406 g/mol. The van der Waals surface area contributed by atoms with Crippen molar-refractivity contribution in [1.29, 1.82) is 0 Å². The second kappa shape index (κ2) is 7.84. The van der Waals surface area contributed by atoms with Crippen molar-refractivity contribution >= 4 is 30.8 Å². The summed E-state index contributed by atoms with van der Waals surface area (Å²) >= 11 is 0. The van der Waals surface area contributed by atoms with Crippen LogP contribution in [0.4, 0.5) is 0 Å². The van der Waals surface area contributed by atoms with Crippen molar-refractivity contribution in [3.05, 3.63) is 60.8 Å². The Hall–Kier alpha value is -2.16. The average molecular weight is 407 g/mol. The van der Waals surface area contributed by atoms with Crippen LogP contribution in [-0.4, -0.2) is 33.7 Å². The molecule has 27 heavy (non-hydrogen) atoms. The Kier molecular flexibility index (Phi) is 5.69. The van der Waals surface area contributed by atoms with Crippen molar-refractivity contribution in [2.45, 2.75) is 29.7 Å². The first kappa shape index (κ1) is 19.6. The topological polar surface area (TPSA) is 85.2 Å². The summed E-state index contributed by atoms with van der Waals surface area (Å²) in [7, 11) is -7.01. The van der Waals surface area contributed by atoms with Crippen molar-refractivity contribution < 1.29 is 16.8 Å². The van der Waals surface area contributed by atoms with Crippen molar-refractivity contribution in [3.8, 4) is 0 Å². The van der Waals surface area contributed by atoms with Crippen LogP contribution in [0.5, 0.6) is 0 Å². The molecule has 8 heteroatoms. The second-order valence-electron chi connectivity index (χ2n) is 6.19. The second-order valence-corrected chi connectivity index (χ2v) is 10.2. The standard InChI is InChI=1S/C19H22N2O4S2/c1-2-26(22,23)17-8-10-18(11-9-17)27(24,25)20-13-5-14-21-15-12-16-6-3-4-7-19(16)21/h3-4,6-12,15,20H,2,5,13-14H2,1H3. The van der Waals surface area contributed by atoms with Crippen LogP contribution < -0.4 is 4.72 Å². The predicted molar refractivity (Wildman–Crippen MR) is 106 cm³/mol. The van der Waals surface area contributed by atoms with E-state index in [1.807, 2.05) is 36.5 Å². The molecule has 1 aromatic heterocycles. The van der Waals surface area contributed by atoms with Gasteiger partial charge in [0.1, 0.15) is 0 Å². The predicted octanol–water partition coefficient (Wildman–Crippen LogP) is 2.80. The Morgan fingerprint density at radius 2 is 1.56 bits per heavy atom. The first-order valence-corrected chi connectivity index (χ1v) is 11.8. The lowest BCUT2D eigenvalue weighted by atomic mass is 10.2. The minimum atomic E-state index is -3.67. The normalized spacial score (nSPS) is 12.5. The number of nitrogens with zero attached hydrogens (tertiary/aromatic N) is 1. The zero-order valence-electron chi connectivity index (χ0n) is 15.0. The number of sulfone groups is 1. The van der Waals surface area contributed by atoms with Gasteiger partial charge in [0.25, 0.3) is 0 Å². The molecule has 1 heterocycles. The lowest BCUT2D eigenvalue weighted by molar-refractivity contribution is 0.571. The summed E-state index contributed by atoms with van der Waals surface area (Å²) in [6, 6.07) is 15.4. The quantitative estimate of drug-likeness (QED) is 0.583. The molecule has 0 bridgehead atoms. The Balaban J connectivity index is 1.60. The Morgan fingerprint density at radius 1 is 0.889 bits per heavy atom. The van der Waals surface area contributed by atoms with Gasteiger partial charge in [-0.25, -0.2) is 21.6 Å². The summed E-state index contributed by atoms with van der Waals surface area (Å²) in [6.07, 6.45) is 2.63. The molecule has 3 rings (SSSR count). The molecule has 0 aliphatic carbocycles. The minimum Gasteiger partial charge on any atom is -0.347 e. The fourth-order valence-corrected chi connectivity index (χ4v) is 4.83. The molecule has 0 saturated heterocycles. The maximum atomic E-state index is 12.4. The van der Waals surface area contributed by atoms with Crippen LogP contribution in [0.1, 0.15) is 13.3 Å². The number of benzene rings is 2. The molecule has 0 aliphatic heterocycles. The van der Waals surface area contributed by atoms with Gasteiger partial charge in [-0.2, -0.15) is 0 Å². The van der Waals surface area contributed by atoms with Crippen LogP contribution in [0.3, 0.4) is 0 Å². The van der Waals surface area contributed by atoms with Gasteiger partial charge in [-0.05, 0) is 48.2 Å². The molecule has 0 aliphatic rings. The molecular weight excluding hydrogens is 384 g/mol. The summed E-state index contributed by atoms with van der Waals surface area (Å²) < 4.78 is 53.0. The van der Waals surface area contributed by atoms with E-state index in [1.54, 1.807) is 6.92 Å². The molecule has 0 radical (unpaired) electrons. The van der Waals surface area contributed by atoms with E-state index in [0.717, 1.165) is 10.9 Å². The lowest BCUT2D eigenvalue weighted by Crippen LogP contribution is -2.25. The SMILES string of the molecule is CCS(=O)(=O)c1ccc(S(=O)(=O)NCCCn2ccc3ccccc32)cc1. The fraction of sp³-hybridized carbons (Fsp3) is 0.263. The van der Waals surface area contributed by atoms with Crippen molar-refractivity contribution in [2.75, 3.05) is 12.3 Å². The van der Waals surface area contributed by atoms with E-state index in [1.165, 1.54) is 24.3 Å². The lowest BCUT2D eigenvalue weighted by Gasteiger charge is -2.09. The molecule has 0 saturated carbocycles. The Morgan fingerprint density at radius 3 is 2.26 bits per heavy atom. The smallest absolute Gasteiger partial charge is 0.240 e. The molecule has 3 aromatic rings. The van der Waals surface area contributed by atoms with E-state index in [9.17, 15) is 16.8 Å². The van der Waals surface area contributed by atoms with E-state index < -0.39 is 19.9 Å². The van der Waals surface area contributed by atoms with E-state index in [0.29, 0.717) is 19.5 Å². The van der Waals surface area contributed by atoms with Gasteiger partial charge in [-0.3, -0.25) is 0 Å². The summed E-state index contributed by atoms with van der Waals surface area (Å²) in [4.78, 5) is 0.187. The summed E-state index contributed by atoms with van der Waals surface area (Å²) in [5.41, 5.74) is 1.12. The third kappa shape index (κ3) is 4.40. The van der Waals surface area contributed by atoms with Crippen molar-refractivity contribution in [3.63, 3.8) is 0 Å². The summed E-state index contributed by atoms with van der Waals surface area (Å²) in [6.45, 7) is 2.54. The van der Waals surface area contributed by atoms with Gasteiger partial charge >= 0.3 is 0 Å². The highest BCUT2D eigenvalue weighted by atomic mass is 32.2. The maximum absolute atomic E-state index is 12.4. The molecule has 6 nitrogen and oxygen atoms in total. The van der Waals surface area contributed by atoms with Crippen LogP contribution in [-0.2, 0) is 26.4 Å². The van der Waals surface area contributed by atoms with Gasteiger partial charge < -0.3 is 4.57 Å². The number of hydrogen-bond donors (Lipinski definition) is 1. The largest absolute Gasteiger partial charge is 0.347 e. The zero-order chi connectivity index (χ0) is 19.5. The summed E-state index contributed by atoms with van der Waals surface area (Å²) in [5, 5.41) is 1.15. The molecule has 0 spiro atoms. The van der Waals surface area contributed by atoms with Crippen molar-refractivity contribution in [2.24, 2.45) is 0 Å². The van der Waals surface area contributed by atoms with Crippen LogP contribution in [0.2, 0.25) is 0 Å². The molecule has 0 unspecified atom stereocenters. The number of para-hydroxylation sites is 1. The average Bonchev–Trinajstić information content (AvgIpc) is 3.08. The molecule has 0 fully saturated rings. The Bertz CT molecular complexity index is 1130. The van der Waals surface area contributed by atoms with Crippen molar-refractivity contribution in [1.82, 2.24) is 9.29 Å². The fourth-order valence-electron chi connectivity index (χ4n) is 2.87. The summed E-state index contributed by atoms with van der Waals surface area (Å²) in [5.74, 6) is -0.0224. The zero-order valence-corrected chi connectivity index (χ0v) is 16.6. The first-order chi connectivity index (χ1) is 12.8. The molecular formula is C19H22N2O4S2. The molecule has 2 aromatic carbocycles. The number of hydrogen-bond acceptors (Lipinski definition) is 4. The van der Waals surface area contributed by atoms with Crippen LogP contribution in [0, 0.1) is 0 Å². The van der Waals surface area contributed by atoms with Gasteiger partial charge in [0, 0.05) is 24.8 Å². The van der Waals surface area contributed by atoms with Gasteiger partial charge in [0.2, 0.25) is 10.0 Å². The third-order valence-electron chi connectivity index (χ3n) is 4.42. The van der Waals surface area contributed by atoms with Gasteiger partial charge in [-0.1, -0.05) is 25.1 Å². The highest BCUT2D eigenvalue weighted by Gasteiger charge is 2.16. The number of nitrogens with one attached hydrogen (secondary N) is 1. The maximum Gasteiger partial charge on any atom is 0.240 e. The number of fused-ring (bicyclic) bond motifs is 1. The van der Waals surface area contributed by atoms with Gasteiger partial charge in [0.15, 0.2) is 9.84 Å². The highest BCUT2D eigenvalue weighted by molar-refractivity contribution is 7.91. The molecule has 0 atom stereocenters. The molecule has 1 N–H and O–H groups in total. The van der Waals surface area contributed by atoms with E-state index in [2.05, 4.69) is 9.29 Å². The van der Waals surface area contributed by atoms with Crippen LogP contribution in [0.15, 0.2) is 70.6 Å².